The first-order chi connectivity index (χ1) is 9.65. The second-order valence-corrected chi connectivity index (χ2v) is 5.55. The molecule has 0 radical (unpaired) electrons. The molecule has 1 aliphatic heterocycles. The fraction of sp³-hybridized carbons (Fsp3) is 0.714. The summed E-state index contributed by atoms with van der Waals surface area (Å²) in [6.45, 7) is 6.04. The number of methoxy groups -OCH3 is 1. The van der Waals surface area contributed by atoms with Crippen molar-refractivity contribution in [1.29, 1.82) is 0 Å². The highest BCUT2D eigenvalue weighted by Gasteiger charge is 2.33. The Kier molecular flexibility index (Phi) is 5.14. The van der Waals surface area contributed by atoms with E-state index < -0.39 is 0 Å². The normalized spacial score (nSPS) is 22.1. The van der Waals surface area contributed by atoms with Crippen LogP contribution in [-0.2, 0) is 21.5 Å². The number of ether oxygens (including phenoxy) is 1. The molecular weight excluding hydrogens is 256 g/mol. The second kappa shape index (κ2) is 6.85. The molecule has 6 nitrogen and oxygen atoms in total. The van der Waals surface area contributed by atoms with Gasteiger partial charge < -0.3 is 19.9 Å². The van der Waals surface area contributed by atoms with Crippen molar-refractivity contribution in [3.63, 3.8) is 0 Å². The number of hydrogen-bond acceptors (Lipinski definition) is 4. The van der Waals surface area contributed by atoms with Gasteiger partial charge in [-0.1, -0.05) is 6.92 Å². The zero-order valence-corrected chi connectivity index (χ0v) is 12.3. The summed E-state index contributed by atoms with van der Waals surface area (Å²) >= 11 is 0. The third kappa shape index (κ3) is 3.58. The molecule has 1 aromatic rings. The Morgan fingerprint density at radius 2 is 2.50 bits per heavy atom. The molecule has 2 rings (SSSR count). The maximum absolute atomic E-state index is 11.7. The minimum Gasteiger partial charge on any atom is -0.383 e. The summed E-state index contributed by atoms with van der Waals surface area (Å²) in [5, 5.41) is 6.23. The largest absolute Gasteiger partial charge is 0.383 e. The molecule has 1 atom stereocenters. The monoisotopic (exact) mass is 280 g/mol. The van der Waals surface area contributed by atoms with Crippen LogP contribution in [0.4, 0.5) is 0 Å². The number of carbonyl (C=O) groups excluding carboxylic acids is 1. The Morgan fingerprint density at radius 1 is 1.65 bits per heavy atom. The predicted octanol–water partition coefficient (Wildman–Crippen LogP) is 0.287. The summed E-state index contributed by atoms with van der Waals surface area (Å²) in [6.07, 6.45) is 5.33. The third-order valence-corrected chi connectivity index (χ3v) is 3.91. The van der Waals surface area contributed by atoms with Crippen LogP contribution in [0.2, 0.25) is 0 Å². The van der Waals surface area contributed by atoms with Crippen molar-refractivity contribution >= 4 is 5.91 Å². The lowest BCUT2D eigenvalue weighted by molar-refractivity contribution is -0.121. The number of imidazole rings is 1. The molecule has 1 aliphatic rings. The van der Waals surface area contributed by atoms with Gasteiger partial charge in [0.05, 0.1) is 12.9 Å². The van der Waals surface area contributed by atoms with Gasteiger partial charge in [-0.15, -0.1) is 0 Å². The summed E-state index contributed by atoms with van der Waals surface area (Å²) in [4.78, 5) is 16.0. The van der Waals surface area contributed by atoms with Gasteiger partial charge in [-0.25, -0.2) is 4.98 Å². The molecule has 1 amide bonds. The van der Waals surface area contributed by atoms with Gasteiger partial charge in [0, 0.05) is 50.5 Å². The Bertz CT molecular complexity index is 438. The van der Waals surface area contributed by atoms with Gasteiger partial charge >= 0.3 is 0 Å². The number of nitrogens with one attached hydrogen (secondary N) is 2. The lowest BCUT2D eigenvalue weighted by Crippen LogP contribution is -2.30. The average Bonchev–Trinajstić information content (AvgIpc) is 3.06. The van der Waals surface area contributed by atoms with Crippen LogP contribution in [0.3, 0.4) is 0 Å². The lowest BCUT2D eigenvalue weighted by Gasteiger charge is -2.24. The van der Waals surface area contributed by atoms with Crippen molar-refractivity contribution < 1.29 is 9.53 Å². The summed E-state index contributed by atoms with van der Waals surface area (Å²) in [5.74, 6) is 0.0522. The van der Waals surface area contributed by atoms with Crippen LogP contribution in [0.15, 0.2) is 12.5 Å². The maximum atomic E-state index is 11.7. The number of rotatable bonds is 7. The van der Waals surface area contributed by atoms with E-state index in [1.165, 1.54) is 5.69 Å². The van der Waals surface area contributed by atoms with E-state index in [2.05, 4.69) is 27.1 Å². The molecule has 2 N–H and O–H groups in total. The van der Waals surface area contributed by atoms with E-state index in [4.69, 9.17) is 4.74 Å². The molecule has 2 heterocycles. The number of hydrogen-bond donors (Lipinski definition) is 2. The van der Waals surface area contributed by atoms with Crippen molar-refractivity contribution in [2.24, 2.45) is 0 Å². The average molecular weight is 280 g/mol. The van der Waals surface area contributed by atoms with Crippen LogP contribution in [-0.4, -0.2) is 48.8 Å². The molecule has 0 bridgehead atoms. The molecular formula is C14H24N4O2. The summed E-state index contributed by atoms with van der Waals surface area (Å²) < 4.78 is 7.01. The van der Waals surface area contributed by atoms with E-state index in [9.17, 15) is 4.79 Å². The summed E-state index contributed by atoms with van der Waals surface area (Å²) in [7, 11) is 1.63. The van der Waals surface area contributed by atoms with Crippen LogP contribution >= 0.6 is 0 Å². The number of amides is 1. The molecule has 20 heavy (non-hydrogen) atoms. The molecule has 0 saturated carbocycles. The number of aromatic nitrogens is 2. The van der Waals surface area contributed by atoms with Gasteiger partial charge in [-0.05, 0) is 13.0 Å². The highest BCUT2D eigenvalue weighted by Crippen LogP contribution is 2.29. The van der Waals surface area contributed by atoms with E-state index in [1.807, 2.05) is 12.5 Å². The molecule has 112 valence electrons. The van der Waals surface area contributed by atoms with Crippen molar-refractivity contribution in [3.05, 3.63) is 18.2 Å². The smallest absolute Gasteiger partial charge is 0.221 e. The number of carbonyl (C=O) groups is 1. The highest BCUT2D eigenvalue weighted by atomic mass is 16.5. The summed E-state index contributed by atoms with van der Waals surface area (Å²) in [5.41, 5.74) is 1.34. The van der Waals surface area contributed by atoms with Crippen molar-refractivity contribution in [3.8, 4) is 0 Å². The lowest BCUT2D eigenvalue weighted by atomic mass is 9.86. The van der Waals surface area contributed by atoms with E-state index in [1.54, 1.807) is 7.11 Å². The Hall–Kier alpha value is -1.40. The minimum atomic E-state index is 0.0522. The first kappa shape index (κ1) is 15.0. The standard InChI is InChI=1S/C14H24N4O2/c1-14(4-5-15-10-14)12-9-16-11-18(12)7-3-13(19)17-6-8-20-2/h9,11,15H,3-8,10H2,1-2H3,(H,17,19). The third-order valence-electron chi connectivity index (χ3n) is 3.91. The van der Waals surface area contributed by atoms with Gasteiger partial charge in [0.1, 0.15) is 0 Å². The quantitative estimate of drug-likeness (QED) is 0.704. The Labute approximate surface area is 119 Å². The van der Waals surface area contributed by atoms with Gasteiger partial charge in [-0.2, -0.15) is 0 Å². The van der Waals surface area contributed by atoms with Crippen LogP contribution in [0.1, 0.15) is 25.5 Å². The van der Waals surface area contributed by atoms with Crippen molar-refractivity contribution in [2.45, 2.75) is 31.7 Å². The topological polar surface area (TPSA) is 68.2 Å². The fourth-order valence-corrected chi connectivity index (χ4v) is 2.64. The van der Waals surface area contributed by atoms with Crippen LogP contribution < -0.4 is 10.6 Å². The zero-order chi connectivity index (χ0) is 14.4. The van der Waals surface area contributed by atoms with Gasteiger partial charge in [-0.3, -0.25) is 4.79 Å². The second-order valence-electron chi connectivity index (χ2n) is 5.55. The molecule has 1 fully saturated rings. The minimum absolute atomic E-state index is 0.0522. The first-order valence-corrected chi connectivity index (χ1v) is 7.13. The zero-order valence-electron chi connectivity index (χ0n) is 12.3. The van der Waals surface area contributed by atoms with Crippen LogP contribution in [0.25, 0.3) is 0 Å². The highest BCUT2D eigenvalue weighted by molar-refractivity contribution is 5.75. The number of nitrogens with zero attached hydrogens (tertiary/aromatic N) is 2. The molecule has 0 spiro atoms. The van der Waals surface area contributed by atoms with Gasteiger partial charge in [0.25, 0.3) is 0 Å². The molecule has 1 saturated heterocycles. The Morgan fingerprint density at radius 3 is 3.20 bits per heavy atom. The first-order valence-electron chi connectivity index (χ1n) is 7.13. The van der Waals surface area contributed by atoms with Crippen molar-refractivity contribution in [1.82, 2.24) is 20.2 Å². The van der Waals surface area contributed by atoms with Crippen LogP contribution in [0.5, 0.6) is 0 Å². The van der Waals surface area contributed by atoms with Crippen molar-refractivity contribution in [2.75, 3.05) is 33.4 Å². The predicted molar refractivity (Wildman–Crippen MR) is 76.6 cm³/mol. The number of aryl methyl sites for hydroxylation is 1. The SMILES string of the molecule is COCCNC(=O)CCn1cncc1C1(C)CCNC1. The molecule has 0 aliphatic carbocycles. The molecule has 1 aromatic heterocycles. The molecule has 6 heteroatoms. The maximum Gasteiger partial charge on any atom is 0.221 e. The molecule has 0 aromatic carbocycles. The van der Waals surface area contributed by atoms with E-state index in [0.29, 0.717) is 26.1 Å². The van der Waals surface area contributed by atoms with Gasteiger partial charge in [0.15, 0.2) is 0 Å². The van der Waals surface area contributed by atoms with Crippen LogP contribution in [0, 0.1) is 0 Å². The van der Waals surface area contributed by atoms with E-state index in [0.717, 1.165) is 19.5 Å². The van der Waals surface area contributed by atoms with E-state index >= 15 is 0 Å². The van der Waals surface area contributed by atoms with Gasteiger partial charge in [0.2, 0.25) is 5.91 Å². The van der Waals surface area contributed by atoms with E-state index in [-0.39, 0.29) is 11.3 Å². The molecule has 1 unspecified atom stereocenters. The summed E-state index contributed by atoms with van der Waals surface area (Å²) in [6, 6.07) is 0. The Balaban J connectivity index is 1.88. The fourth-order valence-electron chi connectivity index (χ4n) is 2.64.